The van der Waals surface area contributed by atoms with Gasteiger partial charge in [-0.2, -0.15) is 0 Å². The lowest BCUT2D eigenvalue weighted by molar-refractivity contribution is 0.618. The van der Waals surface area contributed by atoms with Gasteiger partial charge >= 0.3 is 0 Å². The van der Waals surface area contributed by atoms with Crippen molar-refractivity contribution in [3.05, 3.63) is 102 Å². The number of furan rings is 1. The Morgan fingerprint density at radius 3 is 2.27 bits per heavy atom. The van der Waals surface area contributed by atoms with Crippen LogP contribution >= 0.6 is 11.6 Å². The van der Waals surface area contributed by atoms with E-state index in [1.165, 1.54) is 6.33 Å². The molecule has 0 atom stereocenters. The number of fused-ring (bicyclic) bond motifs is 1. The summed E-state index contributed by atoms with van der Waals surface area (Å²) in [6, 6.07) is 28.0. The molecule has 146 valence electrons. The van der Waals surface area contributed by atoms with E-state index >= 15 is 0 Å². The Labute approximate surface area is 179 Å². The van der Waals surface area contributed by atoms with Crippen molar-refractivity contribution in [2.24, 2.45) is 0 Å². The van der Waals surface area contributed by atoms with Gasteiger partial charge in [0.05, 0.1) is 5.39 Å². The number of aromatic nitrogens is 2. The Morgan fingerprint density at radius 2 is 1.53 bits per heavy atom. The fourth-order valence-corrected chi connectivity index (χ4v) is 3.79. The highest BCUT2D eigenvalue weighted by Crippen LogP contribution is 2.42. The second-order valence-corrected chi connectivity index (χ2v) is 7.36. The van der Waals surface area contributed by atoms with Crippen molar-refractivity contribution in [3.63, 3.8) is 0 Å². The lowest BCUT2D eigenvalue weighted by atomic mass is 9.99. The molecule has 5 rings (SSSR count). The number of nitrogens with one attached hydrogen (secondary N) is 1. The molecule has 0 saturated carbocycles. The highest BCUT2D eigenvalue weighted by atomic mass is 35.5. The molecule has 0 aliphatic rings. The molecule has 0 aliphatic heterocycles. The first kappa shape index (κ1) is 18.4. The van der Waals surface area contributed by atoms with Gasteiger partial charge in [-0.05, 0) is 23.3 Å². The number of benzene rings is 3. The highest BCUT2D eigenvalue weighted by Gasteiger charge is 2.21. The minimum absolute atomic E-state index is 0.552. The van der Waals surface area contributed by atoms with E-state index in [1.807, 2.05) is 72.8 Å². The summed E-state index contributed by atoms with van der Waals surface area (Å²) in [5.41, 5.74) is 4.65. The Hall–Kier alpha value is -3.63. The summed E-state index contributed by atoms with van der Waals surface area (Å²) in [6.45, 7) is 0.590. The van der Waals surface area contributed by atoms with Crippen LogP contribution in [0.15, 0.2) is 95.7 Å². The van der Waals surface area contributed by atoms with Gasteiger partial charge in [0.1, 0.15) is 17.9 Å². The number of hydrogen-bond acceptors (Lipinski definition) is 4. The van der Waals surface area contributed by atoms with Crippen LogP contribution in [-0.2, 0) is 6.54 Å². The van der Waals surface area contributed by atoms with E-state index in [9.17, 15) is 0 Å². The van der Waals surface area contributed by atoms with E-state index in [1.54, 1.807) is 0 Å². The molecule has 2 heterocycles. The molecular weight excluding hydrogens is 394 g/mol. The van der Waals surface area contributed by atoms with Crippen LogP contribution in [0.2, 0.25) is 5.02 Å². The van der Waals surface area contributed by atoms with Gasteiger partial charge in [0.2, 0.25) is 5.71 Å². The molecule has 30 heavy (non-hydrogen) atoms. The first-order valence-corrected chi connectivity index (χ1v) is 10.0. The topological polar surface area (TPSA) is 51.0 Å². The summed E-state index contributed by atoms with van der Waals surface area (Å²) in [5, 5.41) is 5.01. The Bertz CT molecular complexity index is 1300. The highest BCUT2D eigenvalue weighted by molar-refractivity contribution is 6.30. The summed E-state index contributed by atoms with van der Waals surface area (Å²) in [7, 11) is 0. The maximum absolute atomic E-state index is 6.24. The Balaban J connectivity index is 1.66. The van der Waals surface area contributed by atoms with Crippen LogP contribution in [0.25, 0.3) is 33.6 Å². The lowest BCUT2D eigenvalue weighted by Gasteiger charge is -2.09. The first-order chi connectivity index (χ1) is 14.8. The average Bonchev–Trinajstić information content (AvgIpc) is 3.19. The smallest absolute Gasteiger partial charge is 0.232 e. The minimum Gasteiger partial charge on any atom is -0.437 e. The Morgan fingerprint density at radius 1 is 0.800 bits per heavy atom. The summed E-state index contributed by atoms with van der Waals surface area (Å²) >= 11 is 6.13. The summed E-state index contributed by atoms with van der Waals surface area (Å²) < 4.78 is 6.24. The van der Waals surface area contributed by atoms with Gasteiger partial charge in [0.15, 0.2) is 0 Å². The number of anilines is 1. The zero-order chi connectivity index (χ0) is 20.3. The van der Waals surface area contributed by atoms with Crippen LogP contribution in [0, 0.1) is 0 Å². The molecule has 2 aromatic heterocycles. The van der Waals surface area contributed by atoms with Gasteiger partial charge in [-0.15, -0.1) is 0 Å². The molecule has 4 nitrogen and oxygen atoms in total. The predicted octanol–water partition coefficient (Wildman–Crippen LogP) is 6.82. The van der Waals surface area contributed by atoms with Gasteiger partial charge in [-0.25, -0.2) is 9.97 Å². The van der Waals surface area contributed by atoms with Crippen molar-refractivity contribution in [2.75, 3.05) is 5.32 Å². The zero-order valence-corrected chi connectivity index (χ0v) is 16.8. The van der Waals surface area contributed by atoms with Crippen molar-refractivity contribution in [2.45, 2.75) is 6.54 Å². The average molecular weight is 412 g/mol. The monoisotopic (exact) mass is 411 g/mol. The standard InChI is InChI=1S/C25H18ClN3O/c26-20-13-7-8-17(14-20)15-27-24-22-21(18-9-3-1-4-10-18)23(19-11-5-2-6-12-19)30-25(22)29-16-28-24/h1-14,16H,15H2,(H,27,28,29). The predicted molar refractivity (Wildman–Crippen MR) is 121 cm³/mol. The molecule has 0 bridgehead atoms. The lowest BCUT2D eigenvalue weighted by Crippen LogP contribution is -2.02. The van der Waals surface area contributed by atoms with Gasteiger partial charge in [-0.3, -0.25) is 0 Å². The first-order valence-electron chi connectivity index (χ1n) is 9.66. The minimum atomic E-state index is 0.552. The molecule has 1 N–H and O–H groups in total. The van der Waals surface area contributed by atoms with E-state index < -0.39 is 0 Å². The fourth-order valence-electron chi connectivity index (χ4n) is 3.57. The third kappa shape index (κ3) is 3.53. The van der Waals surface area contributed by atoms with E-state index in [0.717, 1.165) is 39.2 Å². The maximum Gasteiger partial charge on any atom is 0.232 e. The van der Waals surface area contributed by atoms with Crippen molar-refractivity contribution in [1.29, 1.82) is 0 Å². The number of halogens is 1. The molecule has 0 radical (unpaired) electrons. The molecule has 5 heteroatoms. The van der Waals surface area contributed by atoms with Crippen LogP contribution in [0.4, 0.5) is 5.82 Å². The molecule has 0 fully saturated rings. The number of hydrogen-bond donors (Lipinski definition) is 1. The quantitative estimate of drug-likeness (QED) is 0.344. The normalized spacial score (nSPS) is 11.0. The molecule has 0 saturated heterocycles. The third-order valence-corrected chi connectivity index (χ3v) is 5.17. The van der Waals surface area contributed by atoms with Crippen LogP contribution < -0.4 is 5.32 Å². The van der Waals surface area contributed by atoms with Crippen molar-refractivity contribution < 1.29 is 4.42 Å². The van der Waals surface area contributed by atoms with Crippen molar-refractivity contribution >= 4 is 28.5 Å². The van der Waals surface area contributed by atoms with E-state index in [4.69, 9.17) is 16.0 Å². The largest absolute Gasteiger partial charge is 0.437 e. The van der Waals surface area contributed by atoms with Crippen LogP contribution in [0.5, 0.6) is 0 Å². The number of rotatable bonds is 5. The summed E-state index contributed by atoms with van der Waals surface area (Å²) in [5.74, 6) is 1.51. The van der Waals surface area contributed by atoms with Gasteiger partial charge in [-0.1, -0.05) is 84.4 Å². The van der Waals surface area contributed by atoms with Crippen LogP contribution in [0.3, 0.4) is 0 Å². The SMILES string of the molecule is Clc1cccc(CNc2ncnc3oc(-c4ccccc4)c(-c4ccccc4)c23)c1. The van der Waals surface area contributed by atoms with Crippen molar-refractivity contribution in [1.82, 2.24) is 9.97 Å². The molecule has 3 aromatic carbocycles. The van der Waals surface area contributed by atoms with E-state index in [-0.39, 0.29) is 0 Å². The van der Waals surface area contributed by atoms with Gasteiger partial charge < -0.3 is 9.73 Å². The van der Waals surface area contributed by atoms with Crippen LogP contribution in [-0.4, -0.2) is 9.97 Å². The van der Waals surface area contributed by atoms with Crippen LogP contribution in [0.1, 0.15) is 5.56 Å². The fraction of sp³-hybridized carbons (Fsp3) is 0.0400. The Kier molecular flexibility index (Phi) is 4.91. The van der Waals surface area contributed by atoms with E-state index in [0.29, 0.717) is 17.3 Å². The molecule has 0 spiro atoms. The summed E-state index contributed by atoms with van der Waals surface area (Å²) in [4.78, 5) is 8.93. The third-order valence-electron chi connectivity index (χ3n) is 4.94. The zero-order valence-electron chi connectivity index (χ0n) is 16.0. The second-order valence-electron chi connectivity index (χ2n) is 6.92. The van der Waals surface area contributed by atoms with Gasteiger partial charge in [0.25, 0.3) is 0 Å². The maximum atomic E-state index is 6.24. The molecule has 0 unspecified atom stereocenters. The summed E-state index contributed by atoms with van der Waals surface area (Å²) in [6.07, 6.45) is 1.52. The molecule has 5 aromatic rings. The molecule has 0 amide bonds. The molecular formula is C25H18ClN3O. The van der Waals surface area contributed by atoms with E-state index in [2.05, 4.69) is 27.4 Å². The second kappa shape index (κ2) is 8.01. The van der Waals surface area contributed by atoms with Gasteiger partial charge in [0, 0.05) is 22.7 Å². The number of nitrogens with zero attached hydrogens (tertiary/aromatic N) is 2. The molecule has 0 aliphatic carbocycles. The van der Waals surface area contributed by atoms with Crippen molar-refractivity contribution in [3.8, 4) is 22.5 Å².